The lowest BCUT2D eigenvalue weighted by molar-refractivity contribution is 0.0788. The Hall–Kier alpha value is -2.62. The fraction of sp³-hybridized carbons (Fsp3) is 0.211. The number of benzene rings is 2. The third-order valence-corrected chi connectivity index (χ3v) is 4.10. The van der Waals surface area contributed by atoms with Crippen molar-refractivity contribution in [2.45, 2.75) is 12.8 Å². The first kappa shape index (κ1) is 15.3. The zero-order valence-electron chi connectivity index (χ0n) is 12.8. The molecule has 2 aromatic carbocycles. The first-order chi connectivity index (χ1) is 11.2. The lowest BCUT2D eigenvalue weighted by Crippen LogP contribution is -2.28. The van der Waals surface area contributed by atoms with Gasteiger partial charge in [0.1, 0.15) is 5.82 Å². The van der Waals surface area contributed by atoms with Crippen LogP contribution < -0.4 is 5.73 Å². The van der Waals surface area contributed by atoms with Gasteiger partial charge < -0.3 is 10.6 Å². The summed E-state index contributed by atoms with van der Waals surface area (Å²) < 4.78 is 14.4. The second-order valence-corrected chi connectivity index (χ2v) is 5.68. The Morgan fingerprint density at radius 2 is 1.83 bits per heavy atom. The van der Waals surface area contributed by atoms with Gasteiger partial charge in [-0.3, -0.25) is 4.79 Å². The topological polar surface area (TPSA) is 46.3 Å². The van der Waals surface area contributed by atoms with Gasteiger partial charge in [-0.15, -0.1) is 0 Å². The molecule has 3 nitrogen and oxygen atoms in total. The van der Waals surface area contributed by atoms with Crippen molar-refractivity contribution >= 4 is 12.0 Å². The first-order valence-electron chi connectivity index (χ1n) is 7.76. The van der Waals surface area contributed by atoms with Crippen molar-refractivity contribution in [3.05, 3.63) is 65.6 Å². The maximum Gasteiger partial charge on any atom is 0.256 e. The summed E-state index contributed by atoms with van der Waals surface area (Å²) in [5.41, 5.74) is 8.13. The number of amides is 1. The number of hydrogen-bond acceptors (Lipinski definition) is 2. The Morgan fingerprint density at radius 3 is 2.52 bits per heavy atom. The van der Waals surface area contributed by atoms with Crippen molar-refractivity contribution in [3.8, 4) is 11.1 Å². The summed E-state index contributed by atoms with van der Waals surface area (Å²) in [5, 5.41) is 0. The average Bonchev–Trinajstić information content (AvgIpc) is 3.09. The predicted molar refractivity (Wildman–Crippen MR) is 90.2 cm³/mol. The Bertz CT molecular complexity index is 749. The van der Waals surface area contributed by atoms with Crippen LogP contribution in [0.15, 0.2) is 48.7 Å². The van der Waals surface area contributed by atoms with Crippen LogP contribution in [0, 0.1) is 5.82 Å². The van der Waals surface area contributed by atoms with Gasteiger partial charge in [0.05, 0.1) is 5.56 Å². The molecule has 2 aromatic rings. The number of nitrogens with zero attached hydrogens (tertiary/aromatic N) is 1. The molecule has 0 atom stereocenters. The summed E-state index contributed by atoms with van der Waals surface area (Å²) in [6.45, 7) is 1.43. The zero-order chi connectivity index (χ0) is 16.2. The summed E-state index contributed by atoms with van der Waals surface area (Å²) >= 11 is 0. The van der Waals surface area contributed by atoms with E-state index < -0.39 is 5.82 Å². The first-order valence-corrected chi connectivity index (χ1v) is 7.76. The van der Waals surface area contributed by atoms with Crippen LogP contribution in [0.5, 0.6) is 0 Å². The Morgan fingerprint density at radius 1 is 1.09 bits per heavy atom. The normalized spacial score (nSPS) is 14.6. The Kier molecular flexibility index (Phi) is 4.42. The van der Waals surface area contributed by atoms with Crippen LogP contribution in [0.1, 0.15) is 28.8 Å². The van der Waals surface area contributed by atoms with Gasteiger partial charge in [0, 0.05) is 13.1 Å². The highest BCUT2D eigenvalue weighted by Gasteiger charge is 2.22. The summed E-state index contributed by atoms with van der Waals surface area (Å²) in [5.74, 6) is -0.689. The molecular formula is C19H19FN2O. The fourth-order valence-corrected chi connectivity index (χ4v) is 2.89. The van der Waals surface area contributed by atoms with Crippen molar-refractivity contribution in [3.63, 3.8) is 0 Å². The predicted octanol–water partition coefficient (Wildman–Crippen LogP) is 3.66. The molecule has 0 aliphatic carbocycles. The third-order valence-electron chi connectivity index (χ3n) is 4.10. The SMILES string of the molecule is N/C=C\c1cccc(-c2ccc(C(=O)N3CCCC3)c(F)c2)c1. The number of likely N-dealkylation sites (tertiary alicyclic amines) is 1. The molecule has 1 heterocycles. The lowest BCUT2D eigenvalue weighted by atomic mass is 10.0. The van der Waals surface area contributed by atoms with E-state index in [2.05, 4.69) is 0 Å². The molecule has 0 aromatic heterocycles. The van der Waals surface area contributed by atoms with Gasteiger partial charge in [0.25, 0.3) is 5.91 Å². The second kappa shape index (κ2) is 6.65. The molecule has 0 spiro atoms. The highest BCUT2D eigenvalue weighted by molar-refractivity contribution is 5.95. The molecule has 0 radical (unpaired) electrons. The van der Waals surface area contributed by atoms with Gasteiger partial charge in [-0.2, -0.15) is 0 Å². The minimum Gasteiger partial charge on any atom is -0.405 e. The van der Waals surface area contributed by atoms with E-state index in [0.717, 1.165) is 29.5 Å². The van der Waals surface area contributed by atoms with E-state index in [-0.39, 0.29) is 11.5 Å². The van der Waals surface area contributed by atoms with Crippen LogP contribution in [0.25, 0.3) is 17.2 Å². The van der Waals surface area contributed by atoms with Crippen LogP contribution in [0.2, 0.25) is 0 Å². The molecular weight excluding hydrogens is 291 g/mol. The average molecular weight is 310 g/mol. The Balaban J connectivity index is 1.89. The zero-order valence-corrected chi connectivity index (χ0v) is 12.8. The Labute approximate surface area is 135 Å². The molecule has 118 valence electrons. The molecule has 1 saturated heterocycles. The molecule has 2 N–H and O–H groups in total. The molecule has 23 heavy (non-hydrogen) atoms. The highest BCUT2D eigenvalue weighted by Crippen LogP contribution is 2.24. The third kappa shape index (κ3) is 3.26. The second-order valence-electron chi connectivity index (χ2n) is 5.68. The van der Waals surface area contributed by atoms with E-state index in [9.17, 15) is 9.18 Å². The van der Waals surface area contributed by atoms with E-state index in [0.29, 0.717) is 13.1 Å². The number of carbonyl (C=O) groups is 1. The number of carbonyl (C=O) groups excluding carboxylic acids is 1. The van der Waals surface area contributed by atoms with E-state index in [1.54, 1.807) is 23.1 Å². The van der Waals surface area contributed by atoms with Gasteiger partial charge in [0.2, 0.25) is 0 Å². The summed E-state index contributed by atoms with van der Waals surface area (Å²) in [7, 11) is 0. The van der Waals surface area contributed by atoms with Crippen molar-refractivity contribution in [2.24, 2.45) is 5.73 Å². The molecule has 1 amide bonds. The molecule has 3 rings (SSSR count). The lowest BCUT2D eigenvalue weighted by Gasteiger charge is -2.16. The minimum atomic E-state index is -0.473. The van der Waals surface area contributed by atoms with Gasteiger partial charge >= 0.3 is 0 Å². The van der Waals surface area contributed by atoms with E-state index in [4.69, 9.17) is 5.73 Å². The molecule has 1 aliphatic heterocycles. The van der Waals surface area contributed by atoms with Gasteiger partial charge in [-0.1, -0.05) is 24.3 Å². The fourth-order valence-electron chi connectivity index (χ4n) is 2.89. The largest absolute Gasteiger partial charge is 0.405 e. The number of rotatable bonds is 3. The molecule has 1 aliphatic rings. The monoisotopic (exact) mass is 310 g/mol. The molecule has 0 saturated carbocycles. The van der Waals surface area contributed by atoms with Gasteiger partial charge in [0.15, 0.2) is 0 Å². The van der Waals surface area contributed by atoms with Crippen LogP contribution in [-0.4, -0.2) is 23.9 Å². The molecule has 0 bridgehead atoms. The van der Waals surface area contributed by atoms with Crippen molar-refractivity contribution in [1.82, 2.24) is 4.90 Å². The number of halogens is 1. The van der Waals surface area contributed by atoms with Crippen molar-refractivity contribution in [1.29, 1.82) is 0 Å². The van der Waals surface area contributed by atoms with Crippen molar-refractivity contribution < 1.29 is 9.18 Å². The van der Waals surface area contributed by atoms with E-state index in [1.807, 2.05) is 24.3 Å². The maximum absolute atomic E-state index is 14.4. The minimum absolute atomic E-state index is 0.147. The summed E-state index contributed by atoms with van der Waals surface area (Å²) in [6, 6.07) is 12.5. The number of nitrogens with two attached hydrogens (primary N) is 1. The summed E-state index contributed by atoms with van der Waals surface area (Å²) in [6.07, 6.45) is 5.24. The van der Waals surface area contributed by atoms with Crippen LogP contribution in [0.4, 0.5) is 4.39 Å². The maximum atomic E-state index is 14.4. The van der Waals surface area contributed by atoms with Crippen LogP contribution in [-0.2, 0) is 0 Å². The van der Waals surface area contributed by atoms with Crippen LogP contribution >= 0.6 is 0 Å². The van der Waals surface area contributed by atoms with Gasteiger partial charge in [-0.05, 0) is 60.0 Å². The van der Waals surface area contributed by atoms with Crippen molar-refractivity contribution in [2.75, 3.05) is 13.1 Å². The molecule has 4 heteroatoms. The van der Waals surface area contributed by atoms with E-state index >= 15 is 0 Å². The van der Waals surface area contributed by atoms with Crippen LogP contribution in [0.3, 0.4) is 0 Å². The quantitative estimate of drug-likeness (QED) is 0.940. The number of hydrogen-bond donors (Lipinski definition) is 1. The molecule has 0 unspecified atom stereocenters. The standard InChI is InChI=1S/C19H19FN2O/c20-18-13-16(15-5-3-4-14(12-15)8-9-21)6-7-17(18)19(23)22-10-1-2-11-22/h3-9,12-13H,1-2,10-11,21H2/b9-8-. The smallest absolute Gasteiger partial charge is 0.256 e. The highest BCUT2D eigenvalue weighted by atomic mass is 19.1. The summed E-state index contributed by atoms with van der Waals surface area (Å²) in [4.78, 5) is 14.0. The van der Waals surface area contributed by atoms with Gasteiger partial charge in [-0.25, -0.2) is 4.39 Å². The molecule has 1 fully saturated rings. The van der Waals surface area contributed by atoms with E-state index in [1.165, 1.54) is 12.3 Å².